The SMILES string of the molecule is C=C(C)CN(Cc1ccccc1)Cc1ccccc1I. The number of hydrogen-bond acceptors (Lipinski definition) is 1. The third-order valence-corrected chi connectivity index (χ3v) is 4.15. The lowest BCUT2D eigenvalue weighted by Crippen LogP contribution is -2.24. The van der Waals surface area contributed by atoms with Gasteiger partial charge >= 0.3 is 0 Å². The first-order valence-electron chi connectivity index (χ1n) is 6.79. The zero-order valence-corrected chi connectivity index (χ0v) is 14.0. The van der Waals surface area contributed by atoms with Gasteiger partial charge in [-0.2, -0.15) is 0 Å². The molecule has 2 aromatic carbocycles. The van der Waals surface area contributed by atoms with E-state index in [9.17, 15) is 0 Å². The summed E-state index contributed by atoms with van der Waals surface area (Å²) >= 11 is 2.41. The molecule has 0 aliphatic carbocycles. The minimum Gasteiger partial charge on any atom is -0.291 e. The van der Waals surface area contributed by atoms with Gasteiger partial charge in [-0.1, -0.05) is 60.7 Å². The lowest BCUT2D eigenvalue weighted by molar-refractivity contribution is 0.279. The molecule has 0 bridgehead atoms. The maximum atomic E-state index is 4.06. The Bertz CT molecular complexity index is 563. The second kappa shape index (κ2) is 7.60. The molecule has 0 N–H and O–H groups in total. The fraction of sp³-hybridized carbons (Fsp3) is 0.222. The highest BCUT2D eigenvalue weighted by Crippen LogP contribution is 2.16. The molecule has 0 aromatic heterocycles. The molecule has 0 unspecified atom stereocenters. The molecular formula is C18H20IN. The Morgan fingerprint density at radius 3 is 2.30 bits per heavy atom. The highest BCUT2D eigenvalue weighted by Gasteiger charge is 2.09. The lowest BCUT2D eigenvalue weighted by Gasteiger charge is -2.23. The van der Waals surface area contributed by atoms with Crippen LogP contribution in [0.5, 0.6) is 0 Å². The number of benzene rings is 2. The number of nitrogens with zero attached hydrogens (tertiary/aromatic N) is 1. The van der Waals surface area contributed by atoms with Gasteiger partial charge in [-0.15, -0.1) is 0 Å². The summed E-state index contributed by atoms with van der Waals surface area (Å²) in [7, 11) is 0. The van der Waals surface area contributed by atoms with Crippen LogP contribution in [0.2, 0.25) is 0 Å². The van der Waals surface area contributed by atoms with Gasteiger partial charge in [0.05, 0.1) is 0 Å². The van der Waals surface area contributed by atoms with Crippen LogP contribution in [-0.4, -0.2) is 11.4 Å². The van der Waals surface area contributed by atoms with Crippen LogP contribution >= 0.6 is 22.6 Å². The summed E-state index contributed by atoms with van der Waals surface area (Å²) < 4.78 is 1.32. The number of halogens is 1. The molecule has 0 spiro atoms. The first-order valence-corrected chi connectivity index (χ1v) is 7.87. The number of hydrogen-bond donors (Lipinski definition) is 0. The monoisotopic (exact) mass is 377 g/mol. The lowest BCUT2D eigenvalue weighted by atomic mass is 10.1. The third kappa shape index (κ3) is 4.76. The average Bonchev–Trinajstić information content (AvgIpc) is 2.42. The van der Waals surface area contributed by atoms with Crippen LogP contribution in [0.4, 0.5) is 0 Å². The van der Waals surface area contributed by atoms with Crippen molar-refractivity contribution >= 4 is 22.6 Å². The van der Waals surface area contributed by atoms with Gasteiger partial charge in [0.25, 0.3) is 0 Å². The summed E-state index contributed by atoms with van der Waals surface area (Å²) in [5.41, 5.74) is 3.93. The molecule has 0 fully saturated rings. The highest BCUT2D eigenvalue weighted by atomic mass is 127. The Kier molecular flexibility index (Phi) is 5.80. The number of rotatable bonds is 6. The molecule has 0 amide bonds. The van der Waals surface area contributed by atoms with E-state index in [0.717, 1.165) is 19.6 Å². The maximum absolute atomic E-state index is 4.06. The quantitative estimate of drug-likeness (QED) is 0.513. The van der Waals surface area contributed by atoms with Gasteiger partial charge in [-0.05, 0) is 46.7 Å². The standard InChI is InChI=1S/C18H20IN/c1-15(2)12-20(13-16-8-4-3-5-9-16)14-17-10-6-7-11-18(17)19/h3-11H,1,12-14H2,2H3. The molecule has 104 valence electrons. The normalized spacial score (nSPS) is 10.8. The molecule has 20 heavy (non-hydrogen) atoms. The fourth-order valence-electron chi connectivity index (χ4n) is 2.26. The van der Waals surface area contributed by atoms with Crippen molar-refractivity contribution in [3.05, 3.63) is 81.4 Å². The predicted molar refractivity (Wildman–Crippen MR) is 94.5 cm³/mol. The summed E-state index contributed by atoms with van der Waals surface area (Å²) in [6.45, 7) is 8.99. The largest absolute Gasteiger partial charge is 0.291 e. The smallest absolute Gasteiger partial charge is 0.0251 e. The first-order chi connectivity index (χ1) is 9.65. The third-order valence-electron chi connectivity index (χ3n) is 3.09. The van der Waals surface area contributed by atoms with E-state index in [1.54, 1.807) is 0 Å². The summed E-state index contributed by atoms with van der Waals surface area (Å²) in [5, 5.41) is 0. The van der Waals surface area contributed by atoms with Gasteiger partial charge in [-0.3, -0.25) is 4.90 Å². The Balaban J connectivity index is 2.12. The Morgan fingerprint density at radius 1 is 1.00 bits per heavy atom. The fourth-order valence-corrected chi connectivity index (χ4v) is 2.82. The van der Waals surface area contributed by atoms with Crippen molar-refractivity contribution in [2.24, 2.45) is 0 Å². The maximum Gasteiger partial charge on any atom is 0.0251 e. The van der Waals surface area contributed by atoms with Gasteiger partial charge < -0.3 is 0 Å². The molecule has 1 nitrogen and oxygen atoms in total. The molecule has 0 saturated carbocycles. The summed E-state index contributed by atoms with van der Waals surface area (Å²) in [6.07, 6.45) is 0. The Morgan fingerprint density at radius 2 is 1.65 bits per heavy atom. The van der Waals surface area contributed by atoms with Gasteiger partial charge in [0.15, 0.2) is 0 Å². The van der Waals surface area contributed by atoms with Crippen molar-refractivity contribution in [1.82, 2.24) is 4.90 Å². The zero-order chi connectivity index (χ0) is 14.4. The van der Waals surface area contributed by atoms with Gasteiger partial charge in [0.1, 0.15) is 0 Å². The predicted octanol–water partition coefficient (Wildman–Crippen LogP) is 4.87. The van der Waals surface area contributed by atoms with Gasteiger partial charge in [0.2, 0.25) is 0 Å². The highest BCUT2D eigenvalue weighted by molar-refractivity contribution is 14.1. The van der Waals surface area contributed by atoms with E-state index < -0.39 is 0 Å². The molecule has 0 radical (unpaired) electrons. The zero-order valence-electron chi connectivity index (χ0n) is 11.8. The van der Waals surface area contributed by atoms with Crippen molar-refractivity contribution < 1.29 is 0 Å². The molecule has 0 saturated heterocycles. The molecule has 2 heteroatoms. The molecular weight excluding hydrogens is 357 g/mol. The Hall–Kier alpha value is -1.13. The van der Waals surface area contributed by atoms with Crippen molar-refractivity contribution in [2.45, 2.75) is 20.0 Å². The minimum absolute atomic E-state index is 0.930. The molecule has 0 atom stereocenters. The first kappa shape index (κ1) is 15.3. The molecule has 0 aliphatic heterocycles. The topological polar surface area (TPSA) is 3.24 Å². The van der Waals surface area contributed by atoms with Crippen LogP contribution in [0.3, 0.4) is 0 Å². The van der Waals surface area contributed by atoms with E-state index in [2.05, 4.69) is 95.6 Å². The summed E-state index contributed by atoms with van der Waals surface area (Å²) in [6, 6.07) is 19.2. The van der Waals surface area contributed by atoms with Crippen LogP contribution in [0.15, 0.2) is 66.7 Å². The second-order valence-electron chi connectivity index (χ2n) is 5.18. The van der Waals surface area contributed by atoms with Crippen LogP contribution in [0.25, 0.3) is 0 Å². The Labute approximate surface area is 135 Å². The molecule has 0 heterocycles. The molecule has 0 aliphatic rings. The van der Waals surface area contributed by atoms with Gasteiger partial charge in [0, 0.05) is 23.2 Å². The van der Waals surface area contributed by atoms with E-state index in [0.29, 0.717) is 0 Å². The van der Waals surface area contributed by atoms with Crippen LogP contribution in [-0.2, 0) is 13.1 Å². The van der Waals surface area contributed by atoms with Crippen LogP contribution in [0.1, 0.15) is 18.1 Å². The van der Waals surface area contributed by atoms with Crippen LogP contribution < -0.4 is 0 Å². The molecule has 2 aromatic rings. The van der Waals surface area contributed by atoms with Crippen LogP contribution in [0, 0.1) is 3.57 Å². The van der Waals surface area contributed by atoms with E-state index >= 15 is 0 Å². The van der Waals surface area contributed by atoms with E-state index in [1.165, 1.54) is 20.3 Å². The second-order valence-corrected chi connectivity index (χ2v) is 6.34. The minimum atomic E-state index is 0.930. The van der Waals surface area contributed by atoms with Gasteiger partial charge in [-0.25, -0.2) is 0 Å². The average molecular weight is 377 g/mol. The van der Waals surface area contributed by atoms with E-state index in [4.69, 9.17) is 0 Å². The van der Waals surface area contributed by atoms with Crippen molar-refractivity contribution in [3.63, 3.8) is 0 Å². The van der Waals surface area contributed by atoms with E-state index in [-0.39, 0.29) is 0 Å². The van der Waals surface area contributed by atoms with E-state index in [1.807, 2.05) is 0 Å². The molecule has 2 rings (SSSR count). The van der Waals surface area contributed by atoms with Crippen molar-refractivity contribution in [2.75, 3.05) is 6.54 Å². The van der Waals surface area contributed by atoms with Crippen molar-refractivity contribution in [1.29, 1.82) is 0 Å². The van der Waals surface area contributed by atoms with Crippen molar-refractivity contribution in [3.8, 4) is 0 Å². The summed E-state index contributed by atoms with van der Waals surface area (Å²) in [5.74, 6) is 0. The summed E-state index contributed by atoms with van der Waals surface area (Å²) in [4.78, 5) is 2.44.